The zero-order valence-electron chi connectivity index (χ0n) is 14.9. The molecule has 0 saturated heterocycles. The number of aromatic amines is 1. The Labute approximate surface area is 155 Å². The monoisotopic (exact) mass is 365 g/mol. The van der Waals surface area contributed by atoms with Crippen LogP contribution in [0.2, 0.25) is 0 Å². The molecule has 3 N–H and O–H groups in total. The molecule has 7 heteroatoms. The zero-order valence-corrected chi connectivity index (χ0v) is 14.9. The van der Waals surface area contributed by atoms with E-state index in [9.17, 15) is 14.7 Å². The highest BCUT2D eigenvalue weighted by Gasteiger charge is 2.17. The van der Waals surface area contributed by atoms with Crippen molar-refractivity contribution in [2.24, 2.45) is 0 Å². The van der Waals surface area contributed by atoms with Gasteiger partial charge in [0.1, 0.15) is 11.3 Å². The Morgan fingerprint density at radius 1 is 1.19 bits per heavy atom. The van der Waals surface area contributed by atoms with Gasteiger partial charge in [-0.3, -0.25) is 9.89 Å². The molecule has 138 valence electrons. The summed E-state index contributed by atoms with van der Waals surface area (Å²) in [4.78, 5) is 22.4. The molecule has 0 atom stereocenters. The van der Waals surface area contributed by atoms with Crippen LogP contribution in [0.15, 0.2) is 36.4 Å². The lowest BCUT2D eigenvalue weighted by Crippen LogP contribution is -2.18. The second kappa shape index (κ2) is 7.74. The molecule has 3 rings (SSSR count). The van der Waals surface area contributed by atoms with Gasteiger partial charge in [0.15, 0.2) is 0 Å². The van der Waals surface area contributed by atoms with Crippen LogP contribution in [0.1, 0.15) is 34.1 Å². The van der Waals surface area contributed by atoms with Crippen molar-refractivity contribution in [3.63, 3.8) is 0 Å². The molecule has 2 aromatic carbocycles. The summed E-state index contributed by atoms with van der Waals surface area (Å²) in [5.41, 5.74) is 3.33. The largest absolute Gasteiger partial charge is 0.495 e. The van der Waals surface area contributed by atoms with Gasteiger partial charge in [-0.1, -0.05) is 30.3 Å². The summed E-state index contributed by atoms with van der Waals surface area (Å²) >= 11 is 0. The molecule has 0 aliphatic heterocycles. The number of H-pyrrole nitrogens is 1. The predicted octanol–water partition coefficient (Wildman–Crippen LogP) is 3.08. The lowest BCUT2D eigenvalue weighted by Gasteiger charge is -2.06. The van der Waals surface area contributed by atoms with Crippen LogP contribution >= 0.6 is 0 Å². The molecular weight excluding hydrogens is 346 g/mol. The molecule has 0 bridgehead atoms. The first-order chi connectivity index (χ1) is 13.0. The summed E-state index contributed by atoms with van der Waals surface area (Å²) in [6.07, 6.45) is 3.72. The number of carbonyl (C=O) groups excluding carboxylic acids is 1. The van der Waals surface area contributed by atoms with E-state index in [-0.39, 0.29) is 17.2 Å². The van der Waals surface area contributed by atoms with Gasteiger partial charge in [-0.15, -0.1) is 0 Å². The van der Waals surface area contributed by atoms with Crippen LogP contribution in [0.4, 0.5) is 0 Å². The number of fused-ring (bicyclic) bond motifs is 1. The van der Waals surface area contributed by atoms with Gasteiger partial charge in [-0.2, -0.15) is 5.10 Å². The maximum atomic E-state index is 11.4. The van der Waals surface area contributed by atoms with Crippen molar-refractivity contribution in [1.82, 2.24) is 15.5 Å². The zero-order chi connectivity index (χ0) is 19.4. The number of nitrogens with zero attached hydrogens (tertiary/aromatic N) is 1. The number of ether oxygens (including phenoxy) is 1. The van der Waals surface area contributed by atoms with Crippen LogP contribution in [-0.2, 0) is 11.3 Å². The number of carboxylic acid groups (broad SMARTS) is 1. The van der Waals surface area contributed by atoms with Crippen molar-refractivity contribution in [1.29, 1.82) is 0 Å². The van der Waals surface area contributed by atoms with Gasteiger partial charge in [0, 0.05) is 13.5 Å². The van der Waals surface area contributed by atoms with Crippen molar-refractivity contribution in [3.8, 4) is 5.75 Å². The first kappa shape index (κ1) is 18.2. The molecule has 1 heterocycles. The summed E-state index contributed by atoms with van der Waals surface area (Å²) in [5.74, 6) is -0.849. The van der Waals surface area contributed by atoms with E-state index >= 15 is 0 Å². The van der Waals surface area contributed by atoms with Crippen LogP contribution in [0.25, 0.3) is 23.1 Å². The van der Waals surface area contributed by atoms with E-state index in [2.05, 4.69) is 15.5 Å². The van der Waals surface area contributed by atoms with Crippen molar-refractivity contribution in [2.75, 3.05) is 7.11 Å². The number of methoxy groups -OCH3 is 1. The molecule has 0 aliphatic carbocycles. The molecule has 7 nitrogen and oxygen atoms in total. The third kappa shape index (κ3) is 3.98. The molecule has 0 saturated carbocycles. The van der Waals surface area contributed by atoms with Gasteiger partial charge in [0.25, 0.3) is 0 Å². The topological polar surface area (TPSA) is 104 Å². The van der Waals surface area contributed by atoms with Crippen molar-refractivity contribution in [3.05, 3.63) is 58.8 Å². The molecule has 0 radical (unpaired) electrons. The van der Waals surface area contributed by atoms with Crippen LogP contribution in [0.3, 0.4) is 0 Å². The number of aromatic nitrogens is 2. The third-order valence-corrected chi connectivity index (χ3v) is 4.10. The number of carbonyl (C=O) groups is 2. The highest BCUT2D eigenvalue weighted by Crippen LogP contribution is 2.32. The van der Waals surface area contributed by atoms with E-state index in [1.54, 1.807) is 6.07 Å². The minimum absolute atomic E-state index is 0.0697. The van der Waals surface area contributed by atoms with Gasteiger partial charge in [-0.05, 0) is 29.3 Å². The average molecular weight is 365 g/mol. The van der Waals surface area contributed by atoms with E-state index < -0.39 is 5.97 Å². The normalized spacial score (nSPS) is 11.0. The number of benzene rings is 2. The van der Waals surface area contributed by atoms with Gasteiger partial charge < -0.3 is 15.2 Å². The van der Waals surface area contributed by atoms with Crippen LogP contribution in [0.5, 0.6) is 5.75 Å². The second-order valence-electron chi connectivity index (χ2n) is 5.97. The van der Waals surface area contributed by atoms with Gasteiger partial charge in [0.2, 0.25) is 5.91 Å². The average Bonchev–Trinajstić information content (AvgIpc) is 3.07. The Hall–Kier alpha value is -3.61. The molecule has 1 amide bonds. The smallest absolute Gasteiger partial charge is 0.339 e. The summed E-state index contributed by atoms with van der Waals surface area (Å²) in [5, 5.41) is 19.8. The quantitative estimate of drug-likeness (QED) is 0.623. The molecule has 27 heavy (non-hydrogen) atoms. The summed E-state index contributed by atoms with van der Waals surface area (Å²) in [7, 11) is 1.44. The van der Waals surface area contributed by atoms with Crippen LogP contribution < -0.4 is 10.1 Å². The van der Waals surface area contributed by atoms with E-state index in [0.717, 1.165) is 11.1 Å². The predicted molar refractivity (Wildman–Crippen MR) is 102 cm³/mol. The van der Waals surface area contributed by atoms with E-state index in [4.69, 9.17) is 4.74 Å². The van der Waals surface area contributed by atoms with Gasteiger partial charge in [0.05, 0.1) is 23.7 Å². The van der Waals surface area contributed by atoms with Gasteiger partial charge in [-0.25, -0.2) is 4.79 Å². The molecule has 3 aromatic rings. The standard InChI is InChI=1S/C20H19N3O4/c1-12(24)21-11-14-5-3-13(4-6-14)7-9-16-18-17(23-22-16)10-8-15(20(25)26)19(18)27-2/h3-10H,11H2,1-2H3,(H,21,24)(H,22,23)(H,25,26)/b9-7+. The van der Waals surface area contributed by atoms with Crippen LogP contribution in [-0.4, -0.2) is 34.3 Å². The molecule has 0 fully saturated rings. The van der Waals surface area contributed by atoms with Crippen molar-refractivity contribution < 1.29 is 19.4 Å². The first-order valence-corrected chi connectivity index (χ1v) is 8.29. The lowest BCUT2D eigenvalue weighted by molar-refractivity contribution is -0.119. The number of hydrogen-bond donors (Lipinski definition) is 3. The van der Waals surface area contributed by atoms with Crippen LogP contribution in [0, 0.1) is 0 Å². The molecule has 0 spiro atoms. The SMILES string of the molecule is COc1c(C(=O)O)ccc2n[nH]c(/C=C/c3ccc(CNC(C)=O)cc3)c12. The fourth-order valence-electron chi connectivity index (χ4n) is 2.76. The molecular formula is C20H19N3O4. The fourth-order valence-corrected chi connectivity index (χ4v) is 2.76. The Kier molecular flexibility index (Phi) is 5.21. The minimum atomic E-state index is -1.06. The van der Waals surface area contributed by atoms with E-state index in [1.165, 1.54) is 20.1 Å². The van der Waals surface area contributed by atoms with Gasteiger partial charge >= 0.3 is 5.97 Å². The maximum absolute atomic E-state index is 11.4. The Morgan fingerprint density at radius 3 is 2.56 bits per heavy atom. The van der Waals surface area contributed by atoms with E-state index in [1.807, 2.05) is 36.4 Å². The summed E-state index contributed by atoms with van der Waals surface area (Å²) in [6, 6.07) is 10.9. The lowest BCUT2D eigenvalue weighted by atomic mass is 10.1. The first-order valence-electron chi connectivity index (χ1n) is 8.29. The number of nitrogens with one attached hydrogen (secondary N) is 2. The number of rotatable bonds is 6. The Morgan fingerprint density at radius 2 is 1.93 bits per heavy atom. The molecule has 1 aromatic heterocycles. The number of amides is 1. The minimum Gasteiger partial charge on any atom is -0.495 e. The Bertz CT molecular complexity index is 1020. The van der Waals surface area contributed by atoms with Crippen molar-refractivity contribution >= 4 is 34.9 Å². The number of hydrogen-bond acceptors (Lipinski definition) is 4. The second-order valence-corrected chi connectivity index (χ2v) is 5.97. The third-order valence-electron chi connectivity index (χ3n) is 4.10. The maximum Gasteiger partial charge on any atom is 0.339 e. The highest BCUT2D eigenvalue weighted by molar-refractivity contribution is 6.02. The molecule has 0 unspecified atom stereocenters. The van der Waals surface area contributed by atoms with E-state index in [0.29, 0.717) is 23.1 Å². The molecule has 0 aliphatic rings. The highest BCUT2D eigenvalue weighted by atomic mass is 16.5. The Balaban J connectivity index is 1.89. The number of carboxylic acids is 1. The summed E-state index contributed by atoms with van der Waals surface area (Å²) < 4.78 is 5.32. The fraction of sp³-hybridized carbons (Fsp3) is 0.150. The number of aromatic carboxylic acids is 1. The summed E-state index contributed by atoms with van der Waals surface area (Å²) in [6.45, 7) is 1.97. The van der Waals surface area contributed by atoms with Crippen molar-refractivity contribution in [2.45, 2.75) is 13.5 Å².